The van der Waals surface area contributed by atoms with Crippen LogP contribution in [0.25, 0.3) is 0 Å². The van der Waals surface area contributed by atoms with Crippen LogP contribution in [-0.2, 0) is 0 Å². The van der Waals surface area contributed by atoms with Gasteiger partial charge in [0.1, 0.15) is 5.69 Å². The molecule has 0 spiro atoms. The average molecular weight is 282 g/mol. The molecule has 0 unspecified atom stereocenters. The van der Waals surface area contributed by atoms with Gasteiger partial charge in [-0.3, -0.25) is 10.1 Å². The highest BCUT2D eigenvalue weighted by molar-refractivity contribution is 5.61. The van der Waals surface area contributed by atoms with Crippen molar-refractivity contribution in [3.63, 3.8) is 0 Å². The summed E-state index contributed by atoms with van der Waals surface area (Å²) in [5.41, 5.74) is 3.42. The molecule has 108 valence electrons. The molecule has 0 radical (unpaired) electrons. The zero-order chi connectivity index (χ0) is 14.8. The summed E-state index contributed by atoms with van der Waals surface area (Å²) in [4.78, 5) is 10.7. The summed E-state index contributed by atoms with van der Waals surface area (Å²) in [6.07, 6.45) is 2.05. The Morgan fingerprint density at radius 3 is 2.62 bits per heavy atom. The van der Waals surface area contributed by atoms with Gasteiger partial charge >= 0.3 is 0 Å². The molecule has 1 saturated carbocycles. The Morgan fingerprint density at radius 1 is 1.14 bits per heavy atom. The minimum absolute atomic E-state index is 0.150. The lowest BCUT2D eigenvalue weighted by atomic mass is 9.75. The Bertz CT molecular complexity index is 663. The van der Waals surface area contributed by atoms with Crippen LogP contribution in [0.4, 0.5) is 11.4 Å². The number of rotatable bonds is 4. The van der Waals surface area contributed by atoms with Gasteiger partial charge in [0.2, 0.25) is 0 Å². The van der Waals surface area contributed by atoms with Crippen LogP contribution in [-0.4, -0.2) is 11.0 Å². The second-order valence-corrected chi connectivity index (χ2v) is 5.70. The summed E-state index contributed by atoms with van der Waals surface area (Å²) in [6, 6.07) is 15.7. The molecule has 0 atom stereocenters. The Morgan fingerprint density at radius 2 is 1.90 bits per heavy atom. The van der Waals surface area contributed by atoms with Gasteiger partial charge in [-0.2, -0.15) is 0 Å². The van der Waals surface area contributed by atoms with Crippen LogP contribution in [0, 0.1) is 17.0 Å². The molecule has 0 aliphatic heterocycles. The fourth-order valence-corrected chi connectivity index (χ4v) is 2.91. The monoisotopic (exact) mass is 282 g/mol. The van der Waals surface area contributed by atoms with E-state index >= 15 is 0 Å². The van der Waals surface area contributed by atoms with E-state index in [9.17, 15) is 10.1 Å². The van der Waals surface area contributed by atoms with E-state index in [1.807, 2.05) is 6.07 Å². The van der Waals surface area contributed by atoms with Crippen LogP contribution in [0.5, 0.6) is 0 Å². The SMILES string of the molecule is Cc1cccc(C2CC(Nc3ccccc3[N+](=O)[O-])C2)c1. The van der Waals surface area contributed by atoms with E-state index in [4.69, 9.17) is 0 Å². The van der Waals surface area contributed by atoms with Crippen LogP contribution >= 0.6 is 0 Å². The number of nitrogens with zero attached hydrogens (tertiary/aromatic N) is 1. The quantitative estimate of drug-likeness (QED) is 0.673. The van der Waals surface area contributed by atoms with Crippen LogP contribution in [0.3, 0.4) is 0 Å². The van der Waals surface area contributed by atoms with Gasteiger partial charge in [0.15, 0.2) is 0 Å². The van der Waals surface area contributed by atoms with Gasteiger partial charge in [0, 0.05) is 12.1 Å². The summed E-state index contributed by atoms with van der Waals surface area (Å²) in [5.74, 6) is 0.560. The van der Waals surface area contributed by atoms with Crippen molar-refractivity contribution in [2.45, 2.75) is 31.7 Å². The molecule has 2 aromatic carbocycles. The van der Waals surface area contributed by atoms with Gasteiger partial charge in [-0.25, -0.2) is 0 Å². The predicted octanol–water partition coefficient (Wildman–Crippen LogP) is 4.26. The molecule has 4 nitrogen and oxygen atoms in total. The highest BCUT2D eigenvalue weighted by Crippen LogP contribution is 2.39. The lowest BCUT2D eigenvalue weighted by molar-refractivity contribution is -0.384. The third kappa shape index (κ3) is 2.89. The molecule has 4 heteroatoms. The van der Waals surface area contributed by atoms with E-state index in [0.717, 1.165) is 12.8 Å². The van der Waals surface area contributed by atoms with Crippen molar-refractivity contribution in [2.75, 3.05) is 5.32 Å². The Kier molecular flexibility index (Phi) is 3.60. The van der Waals surface area contributed by atoms with Crippen molar-refractivity contribution < 1.29 is 4.92 Å². The van der Waals surface area contributed by atoms with E-state index in [1.165, 1.54) is 11.1 Å². The van der Waals surface area contributed by atoms with Gasteiger partial charge < -0.3 is 5.32 Å². The molecule has 0 heterocycles. The number of hydrogen-bond donors (Lipinski definition) is 1. The van der Waals surface area contributed by atoms with Crippen molar-refractivity contribution in [1.82, 2.24) is 0 Å². The maximum Gasteiger partial charge on any atom is 0.292 e. The fraction of sp³-hybridized carbons (Fsp3) is 0.294. The smallest absolute Gasteiger partial charge is 0.292 e. The highest BCUT2D eigenvalue weighted by Gasteiger charge is 2.31. The molecular weight excluding hydrogens is 264 g/mol. The Balaban J connectivity index is 1.64. The normalized spacial score (nSPS) is 20.6. The molecular formula is C17H18N2O2. The summed E-state index contributed by atoms with van der Waals surface area (Å²) in [6.45, 7) is 2.10. The average Bonchev–Trinajstić information content (AvgIpc) is 2.42. The van der Waals surface area contributed by atoms with E-state index < -0.39 is 0 Å². The molecule has 1 fully saturated rings. The maximum absolute atomic E-state index is 11.0. The number of aryl methyl sites for hydroxylation is 1. The molecule has 3 rings (SSSR count). The van der Waals surface area contributed by atoms with Crippen molar-refractivity contribution in [2.24, 2.45) is 0 Å². The van der Waals surface area contributed by atoms with Gasteiger partial charge in [-0.15, -0.1) is 0 Å². The fourth-order valence-electron chi connectivity index (χ4n) is 2.91. The van der Waals surface area contributed by atoms with E-state index in [1.54, 1.807) is 18.2 Å². The zero-order valence-corrected chi connectivity index (χ0v) is 12.0. The number of nitrogens with one attached hydrogen (secondary N) is 1. The summed E-state index contributed by atoms with van der Waals surface area (Å²) < 4.78 is 0. The van der Waals surface area contributed by atoms with E-state index in [-0.39, 0.29) is 10.6 Å². The molecule has 0 amide bonds. The van der Waals surface area contributed by atoms with Gasteiger partial charge in [-0.05, 0) is 37.3 Å². The molecule has 1 aliphatic carbocycles. The minimum Gasteiger partial charge on any atom is -0.377 e. The van der Waals surface area contributed by atoms with Crippen molar-refractivity contribution in [3.8, 4) is 0 Å². The van der Waals surface area contributed by atoms with Crippen molar-refractivity contribution in [1.29, 1.82) is 0 Å². The third-order valence-electron chi connectivity index (χ3n) is 4.11. The lowest BCUT2D eigenvalue weighted by Gasteiger charge is -2.36. The van der Waals surface area contributed by atoms with E-state index in [0.29, 0.717) is 17.6 Å². The number of benzene rings is 2. The lowest BCUT2D eigenvalue weighted by Crippen LogP contribution is -2.34. The number of para-hydroxylation sites is 2. The summed E-state index contributed by atoms with van der Waals surface area (Å²) in [5, 5.41) is 14.3. The topological polar surface area (TPSA) is 55.2 Å². The van der Waals surface area contributed by atoms with Crippen LogP contribution in [0.2, 0.25) is 0 Å². The zero-order valence-electron chi connectivity index (χ0n) is 12.0. The molecule has 0 aromatic heterocycles. The molecule has 21 heavy (non-hydrogen) atoms. The largest absolute Gasteiger partial charge is 0.377 e. The second-order valence-electron chi connectivity index (χ2n) is 5.70. The van der Waals surface area contributed by atoms with Gasteiger partial charge in [0.05, 0.1) is 4.92 Å². The number of anilines is 1. The standard InChI is InChI=1S/C17H18N2O2/c1-12-5-4-6-13(9-12)14-10-15(11-14)18-16-7-2-3-8-17(16)19(20)21/h2-9,14-15,18H,10-11H2,1H3. The van der Waals surface area contributed by atoms with Crippen LogP contribution in [0.1, 0.15) is 29.9 Å². The first-order valence-electron chi connectivity index (χ1n) is 7.20. The predicted molar refractivity (Wildman–Crippen MR) is 83.7 cm³/mol. The molecule has 0 saturated heterocycles. The number of nitro benzene ring substituents is 1. The molecule has 2 aromatic rings. The second kappa shape index (κ2) is 5.56. The van der Waals surface area contributed by atoms with Gasteiger partial charge in [-0.1, -0.05) is 42.0 Å². The maximum atomic E-state index is 11.0. The first-order valence-corrected chi connectivity index (χ1v) is 7.20. The van der Waals surface area contributed by atoms with Crippen molar-refractivity contribution in [3.05, 3.63) is 69.8 Å². The Labute approximate surface area is 124 Å². The molecule has 1 N–H and O–H groups in total. The van der Waals surface area contributed by atoms with Crippen LogP contribution < -0.4 is 5.32 Å². The molecule has 1 aliphatic rings. The number of hydrogen-bond acceptors (Lipinski definition) is 3. The summed E-state index contributed by atoms with van der Waals surface area (Å²) in [7, 11) is 0. The van der Waals surface area contributed by atoms with Crippen LogP contribution in [0.15, 0.2) is 48.5 Å². The Hall–Kier alpha value is -2.36. The van der Waals surface area contributed by atoms with Gasteiger partial charge in [0.25, 0.3) is 5.69 Å². The molecule has 0 bridgehead atoms. The summed E-state index contributed by atoms with van der Waals surface area (Å²) >= 11 is 0. The highest BCUT2D eigenvalue weighted by atomic mass is 16.6. The first-order chi connectivity index (χ1) is 10.1. The van der Waals surface area contributed by atoms with Crippen molar-refractivity contribution >= 4 is 11.4 Å². The number of nitro groups is 1. The third-order valence-corrected chi connectivity index (χ3v) is 4.11. The minimum atomic E-state index is -0.334. The van der Waals surface area contributed by atoms with E-state index in [2.05, 4.69) is 36.5 Å². The first kappa shape index (κ1) is 13.6.